The lowest BCUT2D eigenvalue weighted by Gasteiger charge is -2.18. The van der Waals surface area contributed by atoms with E-state index >= 15 is 0 Å². The molecule has 110 valence electrons. The normalized spacial score (nSPS) is 14.5. The van der Waals surface area contributed by atoms with Crippen molar-refractivity contribution >= 4 is 23.0 Å². The number of nitrogens with zero attached hydrogens (tertiary/aromatic N) is 1. The Morgan fingerprint density at radius 3 is 2.67 bits per heavy atom. The maximum atomic E-state index is 13.8. The molecule has 0 aliphatic carbocycles. The first kappa shape index (κ1) is 14.2. The SMILES string of the molecule is Fc1c(Cl)cccc1CNc1cccc(N2CCCC2)c1. The average Bonchev–Trinajstić information content (AvgIpc) is 3.03. The van der Waals surface area contributed by atoms with Crippen LogP contribution in [-0.4, -0.2) is 13.1 Å². The Morgan fingerprint density at radius 2 is 1.86 bits per heavy atom. The van der Waals surface area contributed by atoms with Gasteiger partial charge in [0.15, 0.2) is 0 Å². The fourth-order valence-electron chi connectivity index (χ4n) is 2.67. The fourth-order valence-corrected chi connectivity index (χ4v) is 2.86. The van der Waals surface area contributed by atoms with Gasteiger partial charge in [-0.15, -0.1) is 0 Å². The number of hydrogen-bond donors (Lipinski definition) is 1. The number of anilines is 2. The van der Waals surface area contributed by atoms with Crippen molar-refractivity contribution in [2.75, 3.05) is 23.3 Å². The Balaban J connectivity index is 1.70. The lowest BCUT2D eigenvalue weighted by atomic mass is 10.2. The lowest BCUT2D eigenvalue weighted by molar-refractivity contribution is 0.613. The fraction of sp³-hybridized carbons (Fsp3) is 0.294. The molecule has 0 spiro atoms. The topological polar surface area (TPSA) is 15.3 Å². The Hall–Kier alpha value is -1.74. The van der Waals surface area contributed by atoms with Crippen LogP contribution in [0.1, 0.15) is 18.4 Å². The maximum absolute atomic E-state index is 13.8. The van der Waals surface area contributed by atoms with E-state index in [0.717, 1.165) is 18.8 Å². The lowest BCUT2D eigenvalue weighted by Crippen LogP contribution is -2.17. The van der Waals surface area contributed by atoms with Crippen molar-refractivity contribution in [2.45, 2.75) is 19.4 Å². The minimum absolute atomic E-state index is 0.167. The van der Waals surface area contributed by atoms with Crippen LogP contribution in [0.5, 0.6) is 0 Å². The van der Waals surface area contributed by atoms with Gasteiger partial charge in [0.05, 0.1) is 5.02 Å². The van der Waals surface area contributed by atoms with E-state index in [4.69, 9.17) is 11.6 Å². The number of halogens is 2. The van der Waals surface area contributed by atoms with Crippen LogP contribution in [0.25, 0.3) is 0 Å². The molecule has 2 aromatic rings. The minimum atomic E-state index is -0.345. The van der Waals surface area contributed by atoms with Gasteiger partial charge in [0.1, 0.15) is 5.82 Å². The van der Waals surface area contributed by atoms with Gasteiger partial charge in [-0.05, 0) is 37.1 Å². The molecule has 21 heavy (non-hydrogen) atoms. The van der Waals surface area contributed by atoms with Crippen molar-refractivity contribution in [1.82, 2.24) is 0 Å². The van der Waals surface area contributed by atoms with Crippen LogP contribution >= 0.6 is 11.6 Å². The predicted octanol–water partition coefficient (Wildman–Crippen LogP) is 4.69. The zero-order valence-corrected chi connectivity index (χ0v) is 12.5. The summed E-state index contributed by atoms with van der Waals surface area (Å²) in [6, 6.07) is 13.4. The van der Waals surface area contributed by atoms with Crippen LogP contribution in [0.4, 0.5) is 15.8 Å². The van der Waals surface area contributed by atoms with E-state index in [9.17, 15) is 4.39 Å². The average molecular weight is 305 g/mol. The maximum Gasteiger partial charge on any atom is 0.146 e. The quantitative estimate of drug-likeness (QED) is 0.881. The molecular formula is C17H18ClFN2. The highest BCUT2D eigenvalue weighted by molar-refractivity contribution is 6.30. The molecule has 1 aliphatic rings. The summed E-state index contributed by atoms with van der Waals surface area (Å²) in [5.74, 6) is -0.345. The van der Waals surface area contributed by atoms with Crippen LogP contribution < -0.4 is 10.2 Å². The number of hydrogen-bond acceptors (Lipinski definition) is 2. The van der Waals surface area contributed by atoms with Crippen molar-refractivity contribution in [3.05, 3.63) is 58.9 Å². The molecule has 1 fully saturated rings. The van der Waals surface area contributed by atoms with Crippen LogP contribution in [0.2, 0.25) is 5.02 Å². The van der Waals surface area contributed by atoms with Crippen LogP contribution in [-0.2, 0) is 6.54 Å². The van der Waals surface area contributed by atoms with E-state index in [-0.39, 0.29) is 10.8 Å². The molecule has 1 heterocycles. The first-order chi connectivity index (χ1) is 10.2. The molecular weight excluding hydrogens is 287 g/mol. The van der Waals surface area contributed by atoms with Crippen molar-refractivity contribution in [3.63, 3.8) is 0 Å². The molecule has 0 atom stereocenters. The van der Waals surface area contributed by atoms with Crippen molar-refractivity contribution in [1.29, 1.82) is 0 Å². The van der Waals surface area contributed by atoms with Crippen LogP contribution in [0.3, 0.4) is 0 Å². The number of nitrogens with one attached hydrogen (secondary N) is 1. The van der Waals surface area contributed by atoms with Crippen LogP contribution in [0.15, 0.2) is 42.5 Å². The van der Waals surface area contributed by atoms with Gasteiger partial charge in [0, 0.05) is 36.6 Å². The molecule has 2 nitrogen and oxygen atoms in total. The summed E-state index contributed by atoms with van der Waals surface area (Å²) in [5.41, 5.74) is 2.80. The molecule has 2 aromatic carbocycles. The summed E-state index contributed by atoms with van der Waals surface area (Å²) >= 11 is 5.80. The van der Waals surface area contributed by atoms with Gasteiger partial charge in [0.2, 0.25) is 0 Å². The second-order valence-corrected chi connectivity index (χ2v) is 5.72. The molecule has 0 bridgehead atoms. The zero-order chi connectivity index (χ0) is 14.7. The van der Waals surface area contributed by atoms with Crippen molar-refractivity contribution in [2.24, 2.45) is 0 Å². The standard InChI is InChI=1S/C17H18ClFN2/c18-16-8-3-5-13(17(16)19)12-20-14-6-4-7-15(11-14)21-9-1-2-10-21/h3-8,11,20H,1-2,9-10,12H2. The monoisotopic (exact) mass is 304 g/mol. The Labute approximate surface area is 129 Å². The van der Waals surface area contributed by atoms with E-state index in [2.05, 4.69) is 22.3 Å². The summed E-state index contributed by atoms with van der Waals surface area (Å²) < 4.78 is 13.8. The summed E-state index contributed by atoms with van der Waals surface area (Å²) in [5, 5.41) is 3.43. The molecule has 0 radical (unpaired) electrons. The first-order valence-corrected chi connectivity index (χ1v) is 7.63. The Morgan fingerprint density at radius 1 is 1.10 bits per heavy atom. The van der Waals surface area contributed by atoms with Crippen molar-refractivity contribution < 1.29 is 4.39 Å². The molecule has 1 N–H and O–H groups in total. The van der Waals surface area contributed by atoms with Gasteiger partial charge in [-0.3, -0.25) is 0 Å². The highest BCUT2D eigenvalue weighted by Gasteiger charge is 2.12. The van der Waals surface area contributed by atoms with Gasteiger partial charge >= 0.3 is 0 Å². The van der Waals surface area contributed by atoms with E-state index in [1.165, 1.54) is 18.5 Å². The second-order valence-electron chi connectivity index (χ2n) is 5.31. The van der Waals surface area contributed by atoms with Crippen LogP contribution in [0, 0.1) is 5.82 Å². The van der Waals surface area contributed by atoms with E-state index in [1.807, 2.05) is 12.1 Å². The van der Waals surface area contributed by atoms with E-state index in [0.29, 0.717) is 12.1 Å². The highest BCUT2D eigenvalue weighted by Crippen LogP contribution is 2.24. The smallest absolute Gasteiger partial charge is 0.146 e. The molecule has 3 rings (SSSR count). The molecule has 0 amide bonds. The molecule has 1 aliphatic heterocycles. The molecule has 0 unspecified atom stereocenters. The number of benzene rings is 2. The van der Waals surface area contributed by atoms with Gasteiger partial charge in [-0.25, -0.2) is 4.39 Å². The summed E-state index contributed by atoms with van der Waals surface area (Å²) in [6.45, 7) is 2.66. The van der Waals surface area contributed by atoms with E-state index in [1.54, 1.807) is 18.2 Å². The van der Waals surface area contributed by atoms with Gasteiger partial charge < -0.3 is 10.2 Å². The summed E-state index contributed by atoms with van der Waals surface area (Å²) in [4.78, 5) is 2.38. The third-order valence-corrected chi connectivity index (χ3v) is 4.12. The van der Waals surface area contributed by atoms with Gasteiger partial charge in [-0.2, -0.15) is 0 Å². The van der Waals surface area contributed by atoms with E-state index < -0.39 is 0 Å². The van der Waals surface area contributed by atoms with Gasteiger partial charge in [0.25, 0.3) is 0 Å². The predicted molar refractivity (Wildman–Crippen MR) is 86.6 cm³/mol. The Bertz CT molecular complexity index is 624. The summed E-state index contributed by atoms with van der Waals surface area (Å²) in [6.07, 6.45) is 2.51. The third kappa shape index (κ3) is 3.30. The first-order valence-electron chi connectivity index (χ1n) is 7.26. The third-order valence-electron chi connectivity index (χ3n) is 3.83. The van der Waals surface area contributed by atoms with Gasteiger partial charge in [-0.1, -0.05) is 29.8 Å². The number of rotatable bonds is 4. The largest absolute Gasteiger partial charge is 0.381 e. The molecule has 0 aromatic heterocycles. The molecule has 1 saturated heterocycles. The molecule has 0 saturated carbocycles. The molecule has 4 heteroatoms. The minimum Gasteiger partial charge on any atom is -0.381 e. The zero-order valence-electron chi connectivity index (χ0n) is 11.8. The highest BCUT2D eigenvalue weighted by atomic mass is 35.5. The second kappa shape index (κ2) is 6.35. The van der Waals surface area contributed by atoms with Crippen molar-refractivity contribution in [3.8, 4) is 0 Å². The summed E-state index contributed by atoms with van der Waals surface area (Å²) in [7, 11) is 0. The Kier molecular flexibility index (Phi) is 4.30.